The number of aliphatic carboxylic acids is 1. The number of benzene rings is 2. The maximum atomic E-state index is 13.1. The minimum atomic E-state index is -0.942. The van der Waals surface area contributed by atoms with E-state index in [-0.39, 0.29) is 36.0 Å². The monoisotopic (exact) mass is 448 g/mol. The number of phenolic OH excluding ortho intramolecular Hbond substituents is 1. The van der Waals surface area contributed by atoms with Crippen LogP contribution in [0.15, 0.2) is 53.1 Å². The van der Waals surface area contributed by atoms with Gasteiger partial charge in [0.2, 0.25) is 0 Å². The zero-order chi connectivity index (χ0) is 24.1. The number of nitrogens with one attached hydrogen (secondary N) is 1. The molecule has 3 rings (SSSR count). The lowest BCUT2D eigenvalue weighted by Crippen LogP contribution is -2.23. The number of carbonyl (C=O) groups excluding carboxylic acids is 1. The van der Waals surface area contributed by atoms with Gasteiger partial charge in [0.05, 0.1) is 17.3 Å². The lowest BCUT2D eigenvalue weighted by Gasteiger charge is -2.15. The number of rotatable bonds is 10. The van der Waals surface area contributed by atoms with Gasteiger partial charge in [0, 0.05) is 18.8 Å². The summed E-state index contributed by atoms with van der Waals surface area (Å²) < 4.78 is 5.41. The third-order valence-corrected chi connectivity index (χ3v) is 5.77. The van der Waals surface area contributed by atoms with Gasteiger partial charge in [0.15, 0.2) is 11.7 Å². The van der Waals surface area contributed by atoms with E-state index in [4.69, 9.17) is 14.9 Å². The molecule has 0 amide bonds. The normalized spacial score (nSPS) is 12.8. The molecule has 2 atom stereocenters. The van der Waals surface area contributed by atoms with Gasteiger partial charge in [-0.15, -0.1) is 0 Å². The first-order chi connectivity index (χ1) is 15.7. The van der Waals surface area contributed by atoms with Gasteiger partial charge >= 0.3 is 5.97 Å². The molecule has 3 aromatic rings. The highest BCUT2D eigenvalue weighted by Crippen LogP contribution is 2.31. The van der Waals surface area contributed by atoms with Gasteiger partial charge in [-0.2, -0.15) is 0 Å². The summed E-state index contributed by atoms with van der Waals surface area (Å²) in [5.41, 5.74) is 3.80. The van der Waals surface area contributed by atoms with Gasteiger partial charge in [0.25, 0.3) is 0 Å². The molecule has 172 valence electrons. The van der Waals surface area contributed by atoms with Crippen molar-refractivity contribution < 1.29 is 24.2 Å². The van der Waals surface area contributed by atoms with E-state index in [2.05, 4.69) is 4.98 Å². The van der Waals surface area contributed by atoms with Crippen LogP contribution >= 0.6 is 0 Å². The van der Waals surface area contributed by atoms with Crippen molar-refractivity contribution in [2.75, 3.05) is 0 Å². The first-order valence-electron chi connectivity index (χ1n) is 10.9. The Bertz CT molecular complexity index is 1180. The van der Waals surface area contributed by atoms with E-state index in [1.807, 2.05) is 38.1 Å². The number of aryl methyl sites for hydroxylation is 1. The van der Waals surface area contributed by atoms with Crippen molar-refractivity contribution in [1.82, 2.24) is 4.98 Å². The van der Waals surface area contributed by atoms with E-state index in [1.54, 1.807) is 25.1 Å². The number of phenols is 1. The number of hydrogen-bond donors (Lipinski definition) is 3. The Balaban J connectivity index is 1.82. The zero-order valence-electron chi connectivity index (χ0n) is 19.0. The summed E-state index contributed by atoms with van der Waals surface area (Å²) in [7, 11) is 0. The van der Waals surface area contributed by atoms with Gasteiger partial charge in [-0.1, -0.05) is 44.2 Å². The number of carbonyl (C=O) groups is 2. The van der Waals surface area contributed by atoms with Crippen LogP contribution in [0.5, 0.6) is 5.75 Å². The quantitative estimate of drug-likeness (QED) is 0.377. The number of Topliss-reactive ketones (excluding diaryl/α,β-unsaturated/α-hetero) is 1. The van der Waals surface area contributed by atoms with Gasteiger partial charge in [-0.3, -0.25) is 9.59 Å². The van der Waals surface area contributed by atoms with Crippen LogP contribution in [0.2, 0.25) is 0 Å². The van der Waals surface area contributed by atoms with Crippen molar-refractivity contribution in [1.29, 1.82) is 5.41 Å². The lowest BCUT2D eigenvalue weighted by molar-refractivity contribution is -0.141. The molecule has 0 saturated carbocycles. The van der Waals surface area contributed by atoms with Crippen LogP contribution in [0.3, 0.4) is 0 Å². The maximum Gasteiger partial charge on any atom is 0.306 e. The molecule has 0 aliphatic heterocycles. The molecule has 33 heavy (non-hydrogen) atoms. The second kappa shape index (κ2) is 10.3. The van der Waals surface area contributed by atoms with E-state index < -0.39 is 17.8 Å². The van der Waals surface area contributed by atoms with Crippen molar-refractivity contribution in [3.63, 3.8) is 0 Å². The molecule has 3 N–H and O–H groups in total. The number of aromatic hydroxyl groups is 1. The molecule has 2 unspecified atom stereocenters. The molecule has 0 aliphatic rings. The number of hydrogen-bond acceptors (Lipinski definition) is 6. The number of nitrogens with zero attached hydrogens (tertiary/aromatic N) is 1. The van der Waals surface area contributed by atoms with Crippen LogP contribution in [0.25, 0.3) is 11.1 Å². The smallest absolute Gasteiger partial charge is 0.306 e. The molecule has 0 radical (unpaired) electrons. The Kier molecular flexibility index (Phi) is 7.43. The fourth-order valence-corrected chi connectivity index (χ4v) is 3.80. The Hall–Kier alpha value is -3.74. The molecular formula is C26H28N2O5. The van der Waals surface area contributed by atoms with E-state index in [0.29, 0.717) is 12.1 Å². The topological polar surface area (TPSA) is 124 Å². The molecule has 2 aromatic carbocycles. The summed E-state index contributed by atoms with van der Waals surface area (Å²) in [5, 5.41) is 27.6. The van der Waals surface area contributed by atoms with Crippen molar-refractivity contribution in [2.45, 2.75) is 46.0 Å². The first kappa shape index (κ1) is 23.9. The minimum absolute atomic E-state index is 0.0139. The number of carboxylic acids is 1. The van der Waals surface area contributed by atoms with Crippen LogP contribution in [0, 0.1) is 18.3 Å². The Labute approximate surface area is 192 Å². The Morgan fingerprint density at radius 2 is 1.88 bits per heavy atom. The van der Waals surface area contributed by atoms with Crippen LogP contribution in [-0.2, 0) is 22.4 Å². The summed E-state index contributed by atoms with van der Waals surface area (Å²) in [4.78, 5) is 28.5. The molecule has 0 fully saturated rings. The molecular weight excluding hydrogens is 420 g/mol. The van der Waals surface area contributed by atoms with E-state index in [0.717, 1.165) is 22.3 Å². The summed E-state index contributed by atoms with van der Waals surface area (Å²) in [6.07, 6.45) is 2.03. The number of carboxylic acid groups (broad SMARTS) is 1. The molecule has 0 bridgehead atoms. The standard InChI is InChI=1S/C26H28N2O5/c1-4-19(22-14-33-24(28-22)11-16(3)26(31)32)25(27)23(30)12-17-9-10-18(29)13-21(17)20-8-6-5-7-15(20)2/h5-10,13-14,16,19,27,29H,4,11-12H2,1-3H3,(H,31,32). The van der Waals surface area contributed by atoms with Gasteiger partial charge in [-0.25, -0.2) is 4.98 Å². The predicted molar refractivity (Wildman–Crippen MR) is 125 cm³/mol. The third kappa shape index (κ3) is 5.55. The van der Waals surface area contributed by atoms with E-state index in [1.165, 1.54) is 6.26 Å². The van der Waals surface area contributed by atoms with E-state index >= 15 is 0 Å². The van der Waals surface area contributed by atoms with E-state index in [9.17, 15) is 14.7 Å². The molecule has 0 aliphatic carbocycles. The molecule has 7 heteroatoms. The zero-order valence-corrected chi connectivity index (χ0v) is 19.0. The average molecular weight is 449 g/mol. The maximum absolute atomic E-state index is 13.1. The first-order valence-corrected chi connectivity index (χ1v) is 10.9. The van der Waals surface area contributed by atoms with Gasteiger partial charge < -0.3 is 20.0 Å². The third-order valence-electron chi connectivity index (χ3n) is 5.77. The highest BCUT2D eigenvalue weighted by atomic mass is 16.4. The number of ketones is 1. The fourth-order valence-electron chi connectivity index (χ4n) is 3.80. The molecule has 1 aromatic heterocycles. The second-order valence-corrected chi connectivity index (χ2v) is 8.24. The summed E-state index contributed by atoms with van der Waals surface area (Å²) >= 11 is 0. The van der Waals surface area contributed by atoms with Crippen molar-refractivity contribution in [3.05, 3.63) is 71.4 Å². The Morgan fingerprint density at radius 1 is 1.15 bits per heavy atom. The van der Waals surface area contributed by atoms with Crippen LogP contribution in [0.4, 0.5) is 0 Å². The summed E-state index contributed by atoms with van der Waals surface area (Å²) in [5.74, 6) is -2.09. The lowest BCUT2D eigenvalue weighted by atomic mass is 9.88. The number of aromatic nitrogens is 1. The predicted octanol–water partition coefficient (Wildman–Crippen LogP) is 4.94. The molecule has 7 nitrogen and oxygen atoms in total. The van der Waals surface area contributed by atoms with Gasteiger partial charge in [-0.05, 0) is 47.7 Å². The van der Waals surface area contributed by atoms with Crippen molar-refractivity contribution >= 4 is 17.5 Å². The van der Waals surface area contributed by atoms with Gasteiger partial charge in [0.1, 0.15) is 12.0 Å². The highest BCUT2D eigenvalue weighted by Gasteiger charge is 2.26. The molecule has 1 heterocycles. The van der Waals surface area contributed by atoms with Crippen LogP contribution in [0.1, 0.15) is 48.9 Å². The van der Waals surface area contributed by atoms with Crippen molar-refractivity contribution in [2.24, 2.45) is 5.92 Å². The highest BCUT2D eigenvalue weighted by molar-refractivity contribution is 6.41. The number of oxazole rings is 1. The molecule has 0 spiro atoms. The average Bonchev–Trinajstić information content (AvgIpc) is 3.23. The second-order valence-electron chi connectivity index (χ2n) is 8.24. The molecule has 0 saturated heterocycles. The SMILES string of the molecule is CCC(C(=N)C(=O)Cc1ccc(O)cc1-c1ccccc1C)c1coc(CC(C)C(=O)O)n1. The Morgan fingerprint density at radius 3 is 2.55 bits per heavy atom. The summed E-state index contributed by atoms with van der Waals surface area (Å²) in [6.45, 7) is 5.40. The fraction of sp³-hybridized carbons (Fsp3) is 0.308. The largest absolute Gasteiger partial charge is 0.508 e. The van der Waals surface area contributed by atoms with Crippen LogP contribution < -0.4 is 0 Å². The minimum Gasteiger partial charge on any atom is -0.508 e. The summed E-state index contributed by atoms with van der Waals surface area (Å²) in [6, 6.07) is 12.6. The van der Waals surface area contributed by atoms with Crippen molar-refractivity contribution in [3.8, 4) is 16.9 Å². The van der Waals surface area contributed by atoms with Crippen LogP contribution in [-0.4, -0.2) is 32.7 Å².